The molecule has 29 heavy (non-hydrogen) atoms. The molecule has 2 heterocycles. The lowest BCUT2D eigenvalue weighted by atomic mass is 10.1. The molecule has 8 nitrogen and oxygen atoms in total. The SMILES string of the molecule is COc1ccc(-n2c(C3CC(F)CN3)nc3c(C)cc([N+](=O)[O-])cc3c2=O)cc1. The van der Waals surface area contributed by atoms with Crippen LogP contribution in [0.25, 0.3) is 16.6 Å². The molecule has 1 aliphatic heterocycles. The molecule has 0 saturated carbocycles. The highest BCUT2D eigenvalue weighted by Gasteiger charge is 2.30. The molecular weight excluding hydrogens is 379 g/mol. The highest BCUT2D eigenvalue weighted by molar-refractivity contribution is 5.84. The van der Waals surface area contributed by atoms with Gasteiger partial charge in [-0.15, -0.1) is 0 Å². The molecule has 1 aromatic heterocycles. The van der Waals surface area contributed by atoms with Gasteiger partial charge in [0, 0.05) is 25.1 Å². The van der Waals surface area contributed by atoms with Crippen LogP contribution in [0.15, 0.2) is 41.2 Å². The Labute approximate surface area is 165 Å². The van der Waals surface area contributed by atoms with Crippen LogP contribution >= 0.6 is 0 Å². The van der Waals surface area contributed by atoms with Gasteiger partial charge in [0.15, 0.2) is 0 Å². The molecule has 1 saturated heterocycles. The number of non-ortho nitro benzene ring substituents is 1. The molecule has 1 N–H and O–H groups in total. The van der Waals surface area contributed by atoms with E-state index in [1.54, 1.807) is 31.2 Å². The average molecular weight is 398 g/mol. The number of hydrogen-bond acceptors (Lipinski definition) is 6. The Morgan fingerprint density at radius 3 is 2.62 bits per heavy atom. The van der Waals surface area contributed by atoms with Gasteiger partial charge in [-0.25, -0.2) is 9.37 Å². The summed E-state index contributed by atoms with van der Waals surface area (Å²) in [6, 6.07) is 8.98. The van der Waals surface area contributed by atoms with Gasteiger partial charge in [0.05, 0.1) is 34.7 Å². The Hall–Kier alpha value is -3.33. The van der Waals surface area contributed by atoms with Crippen molar-refractivity contribution in [2.45, 2.75) is 25.6 Å². The maximum absolute atomic E-state index is 13.9. The number of rotatable bonds is 4. The number of alkyl halides is 1. The maximum atomic E-state index is 13.9. The Bertz CT molecular complexity index is 1160. The van der Waals surface area contributed by atoms with Gasteiger partial charge in [-0.05, 0) is 36.8 Å². The largest absolute Gasteiger partial charge is 0.497 e. The van der Waals surface area contributed by atoms with Crippen LogP contribution in [0.1, 0.15) is 23.9 Å². The van der Waals surface area contributed by atoms with E-state index in [4.69, 9.17) is 4.74 Å². The highest BCUT2D eigenvalue weighted by Crippen LogP contribution is 2.29. The van der Waals surface area contributed by atoms with Crippen molar-refractivity contribution in [2.24, 2.45) is 0 Å². The quantitative estimate of drug-likeness (QED) is 0.536. The Morgan fingerprint density at radius 1 is 1.31 bits per heavy atom. The first-order valence-corrected chi connectivity index (χ1v) is 9.12. The first-order valence-electron chi connectivity index (χ1n) is 9.12. The number of nitrogens with one attached hydrogen (secondary N) is 1. The number of nitro groups is 1. The minimum absolute atomic E-state index is 0.145. The fourth-order valence-corrected chi connectivity index (χ4v) is 3.67. The minimum Gasteiger partial charge on any atom is -0.497 e. The molecule has 3 aromatic rings. The van der Waals surface area contributed by atoms with E-state index >= 15 is 0 Å². The van der Waals surface area contributed by atoms with Gasteiger partial charge in [-0.2, -0.15) is 0 Å². The van der Waals surface area contributed by atoms with E-state index in [0.29, 0.717) is 28.3 Å². The number of methoxy groups -OCH3 is 1. The fraction of sp³-hybridized carbons (Fsp3) is 0.300. The summed E-state index contributed by atoms with van der Waals surface area (Å²) in [7, 11) is 1.54. The maximum Gasteiger partial charge on any atom is 0.270 e. The van der Waals surface area contributed by atoms with Gasteiger partial charge < -0.3 is 10.1 Å². The van der Waals surface area contributed by atoms with Crippen LogP contribution in [0.2, 0.25) is 0 Å². The van der Waals surface area contributed by atoms with Gasteiger partial charge >= 0.3 is 0 Å². The first kappa shape index (κ1) is 19.0. The van der Waals surface area contributed by atoms with Crippen LogP contribution in [0.4, 0.5) is 10.1 Å². The molecule has 9 heteroatoms. The smallest absolute Gasteiger partial charge is 0.270 e. The molecule has 2 aromatic carbocycles. The van der Waals surface area contributed by atoms with Crippen molar-refractivity contribution in [1.82, 2.24) is 14.9 Å². The van der Waals surface area contributed by atoms with Crippen molar-refractivity contribution in [3.05, 3.63) is 68.3 Å². The zero-order valence-electron chi connectivity index (χ0n) is 15.9. The number of aryl methyl sites for hydroxylation is 1. The number of hydrogen-bond donors (Lipinski definition) is 1. The van der Waals surface area contributed by atoms with Crippen molar-refractivity contribution < 1.29 is 14.1 Å². The molecule has 150 valence electrons. The van der Waals surface area contributed by atoms with Crippen LogP contribution < -0.4 is 15.6 Å². The van der Waals surface area contributed by atoms with Gasteiger partial charge in [-0.1, -0.05) is 0 Å². The van der Waals surface area contributed by atoms with Gasteiger partial charge in [0.1, 0.15) is 17.7 Å². The molecule has 2 atom stereocenters. The summed E-state index contributed by atoms with van der Waals surface area (Å²) in [4.78, 5) is 28.8. The predicted molar refractivity (Wildman–Crippen MR) is 106 cm³/mol. The lowest BCUT2D eigenvalue weighted by molar-refractivity contribution is -0.384. The second-order valence-electron chi connectivity index (χ2n) is 7.02. The monoisotopic (exact) mass is 398 g/mol. The zero-order valence-corrected chi connectivity index (χ0v) is 15.9. The Balaban J connectivity index is 2.02. The summed E-state index contributed by atoms with van der Waals surface area (Å²) in [5, 5.41) is 14.5. The van der Waals surface area contributed by atoms with E-state index < -0.39 is 22.7 Å². The number of aromatic nitrogens is 2. The van der Waals surface area contributed by atoms with E-state index in [0.717, 1.165) is 0 Å². The zero-order chi connectivity index (χ0) is 20.7. The number of nitrogens with zero attached hydrogens (tertiary/aromatic N) is 3. The predicted octanol–water partition coefficient (Wildman–Crippen LogP) is 2.98. The summed E-state index contributed by atoms with van der Waals surface area (Å²) < 4.78 is 20.4. The van der Waals surface area contributed by atoms with E-state index in [9.17, 15) is 19.3 Å². The molecule has 1 fully saturated rings. The lowest BCUT2D eigenvalue weighted by Gasteiger charge is -2.19. The molecule has 1 aliphatic rings. The summed E-state index contributed by atoms with van der Waals surface area (Å²) >= 11 is 0. The topological polar surface area (TPSA) is 99.3 Å². The van der Waals surface area contributed by atoms with Crippen molar-refractivity contribution in [2.75, 3.05) is 13.7 Å². The standard InChI is InChI=1S/C20H19FN4O4/c1-11-7-14(25(27)28)9-16-18(11)23-19(17-8-12(21)10-22-17)24(20(16)26)13-3-5-15(29-2)6-4-13/h3-7,9,12,17,22H,8,10H2,1-2H3. The van der Waals surface area contributed by atoms with E-state index in [2.05, 4.69) is 10.3 Å². The van der Waals surface area contributed by atoms with Crippen molar-refractivity contribution in [3.63, 3.8) is 0 Å². The molecule has 0 aliphatic carbocycles. The van der Waals surface area contributed by atoms with Crippen LogP contribution in [-0.4, -0.2) is 34.3 Å². The number of nitro benzene ring substituents is 1. The van der Waals surface area contributed by atoms with Crippen LogP contribution in [0.3, 0.4) is 0 Å². The summed E-state index contributed by atoms with van der Waals surface area (Å²) in [5.74, 6) is 0.996. The van der Waals surface area contributed by atoms with Gasteiger partial charge in [-0.3, -0.25) is 19.5 Å². The van der Waals surface area contributed by atoms with E-state index in [1.165, 1.54) is 23.8 Å². The second kappa shape index (κ2) is 7.25. The molecule has 0 bridgehead atoms. The number of halogens is 1. The van der Waals surface area contributed by atoms with Gasteiger partial charge in [0.25, 0.3) is 11.2 Å². The molecule has 2 unspecified atom stereocenters. The Morgan fingerprint density at radius 2 is 2.03 bits per heavy atom. The molecular formula is C20H19FN4O4. The minimum atomic E-state index is -1.03. The summed E-state index contributed by atoms with van der Waals surface area (Å²) in [5.41, 5.74) is 0.805. The van der Waals surface area contributed by atoms with Crippen molar-refractivity contribution in [1.29, 1.82) is 0 Å². The summed E-state index contributed by atoms with van der Waals surface area (Å²) in [6.07, 6.45) is -0.838. The van der Waals surface area contributed by atoms with Gasteiger partial charge in [0.2, 0.25) is 0 Å². The molecule has 0 amide bonds. The molecule has 0 radical (unpaired) electrons. The normalized spacial score (nSPS) is 18.9. The van der Waals surface area contributed by atoms with E-state index in [1.807, 2.05) is 0 Å². The second-order valence-corrected chi connectivity index (χ2v) is 7.02. The van der Waals surface area contributed by atoms with Crippen LogP contribution in [0.5, 0.6) is 5.75 Å². The average Bonchev–Trinajstić information content (AvgIpc) is 3.14. The highest BCUT2D eigenvalue weighted by atomic mass is 19.1. The third-order valence-electron chi connectivity index (χ3n) is 5.10. The molecule has 0 spiro atoms. The fourth-order valence-electron chi connectivity index (χ4n) is 3.67. The van der Waals surface area contributed by atoms with Crippen molar-refractivity contribution >= 4 is 16.6 Å². The first-order chi connectivity index (χ1) is 13.9. The molecule has 4 rings (SSSR count). The third-order valence-corrected chi connectivity index (χ3v) is 5.10. The van der Waals surface area contributed by atoms with Crippen molar-refractivity contribution in [3.8, 4) is 11.4 Å². The number of fused-ring (bicyclic) bond motifs is 1. The van der Waals surface area contributed by atoms with Crippen LogP contribution in [0, 0.1) is 17.0 Å². The van der Waals surface area contributed by atoms with Crippen LogP contribution in [-0.2, 0) is 0 Å². The Kier molecular flexibility index (Phi) is 4.75. The number of benzene rings is 2. The van der Waals surface area contributed by atoms with E-state index in [-0.39, 0.29) is 24.0 Å². The number of ether oxygens (including phenoxy) is 1. The summed E-state index contributed by atoms with van der Waals surface area (Å²) in [6.45, 7) is 1.85. The third kappa shape index (κ3) is 3.33. The lowest BCUT2D eigenvalue weighted by Crippen LogP contribution is -2.29.